The lowest BCUT2D eigenvalue weighted by Crippen LogP contribution is -2.02. The summed E-state index contributed by atoms with van der Waals surface area (Å²) in [5.74, 6) is -1.39. The Hall–Kier alpha value is -1.33. The van der Waals surface area contributed by atoms with Gasteiger partial charge in [0.15, 0.2) is 0 Å². The van der Waals surface area contributed by atoms with E-state index in [0.29, 0.717) is 0 Å². The Labute approximate surface area is 105 Å². The van der Waals surface area contributed by atoms with Crippen molar-refractivity contribution < 1.29 is 23.4 Å². The summed E-state index contributed by atoms with van der Waals surface area (Å²) in [5, 5.41) is 8.49. The van der Waals surface area contributed by atoms with Crippen LogP contribution < -0.4 is 4.74 Å². The molecule has 1 N–H and O–H groups in total. The van der Waals surface area contributed by atoms with Crippen molar-refractivity contribution >= 4 is 35.2 Å². The van der Waals surface area contributed by atoms with E-state index in [0.717, 1.165) is 18.2 Å². The third-order valence-corrected chi connectivity index (χ3v) is 2.48. The molecule has 0 unspecified atom stereocenters. The molecule has 7 heteroatoms. The van der Waals surface area contributed by atoms with Crippen LogP contribution >= 0.6 is 23.2 Å². The molecule has 3 nitrogen and oxygen atoms in total. The van der Waals surface area contributed by atoms with Crippen LogP contribution in [0.25, 0.3) is 6.08 Å². The fraction of sp³-hybridized carbons (Fsp3) is 0.100. The van der Waals surface area contributed by atoms with Crippen LogP contribution in [0.5, 0.6) is 5.75 Å². The van der Waals surface area contributed by atoms with E-state index in [1.165, 1.54) is 6.07 Å². The summed E-state index contributed by atoms with van der Waals surface area (Å²) >= 11 is 11.4. The highest BCUT2D eigenvalue weighted by Crippen LogP contribution is 2.32. The van der Waals surface area contributed by atoms with Gasteiger partial charge in [0, 0.05) is 12.1 Å². The molecule has 1 aromatic rings. The first-order chi connectivity index (χ1) is 7.90. The Balaban J connectivity index is 3.10. The number of benzene rings is 1. The first-order valence-corrected chi connectivity index (χ1v) is 5.00. The van der Waals surface area contributed by atoms with E-state index in [4.69, 9.17) is 28.3 Å². The fourth-order valence-electron chi connectivity index (χ4n) is 1.04. The molecule has 17 heavy (non-hydrogen) atoms. The zero-order valence-corrected chi connectivity index (χ0v) is 9.67. The third-order valence-electron chi connectivity index (χ3n) is 1.66. The molecule has 0 saturated carbocycles. The number of hydrogen-bond acceptors (Lipinski definition) is 2. The van der Waals surface area contributed by atoms with Gasteiger partial charge in [-0.15, -0.1) is 0 Å². The largest absolute Gasteiger partial charge is 0.478 e. The molecule has 0 aliphatic heterocycles. The summed E-state index contributed by atoms with van der Waals surface area (Å²) in [7, 11) is 0. The van der Waals surface area contributed by atoms with Crippen LogP contribution in [0.1, 0.15) is 5.56 Å². The summed E-state index contributed by atoms with van der Waals surface area (Å²) in [6, 6.07) is 2.29. The zero-order chi connectivity index (χ0) is 13.0. The van der Waals surface area contributed by atoms with Gasteiger partial charge in [0.05, 0.1) is 10.0 Å². The second kappa shape index (κ2) is 5.84. The van der Waals surface area contributed by atoms with E-state index in [9.17, 15) is 13.6 Å². The van der Waals surface area contributed by atoms with Gasteiger partial charge in [0.25, 0.3) is 0 Å². The number of halogens is 4. The van der Waals surface area contributed by atoms with Crippen molar-refractivity contribution in [3.8, 4) is 5.75 Å². The average Bonchev–Trinajstić information content (AvgIpc) is 2.20. The van der Waals surface area contributed by atoms with Gasteiger partial charge >= 0.3 is 12.6 Å². The van der Waals surface area contributed by atoms with Gasteiger partial charge in [-0.05, 0) is 17.7 Å². The quantitative estimate of drug-likeness (QED) is 0.857. The lowest BCUT2D eigenvalue weighted by molar-refractivity contribution is -0.131. The van der Waals surface area contributed by atoms with Gasteiger partial charge in [-0.25, -0.2) is 4.79 Å². The normalized spacial score (nSPS) is 11.1. The molecule has 0 saturated heterocycles. The maximum absolute atomic E-state index is 12.0. The molecule has 1 rings (SSSR count). The number of alkyl halides is 2. The summed E-state index contributed by atoms with van der Waals surface area (Å²) in [6.45, 7) is -3.00. The summed E-state index contributed by atoms with van der Waals surface area (Å²) in [4.78, 5) is 10.3. The highest BCUT2D eigenvalue weighted by atomic mass is 35.5. The SMILES string of the molecule is O=C(O)C=Cc1cc(OC(F)F)cc(Cl)c1Cl. The number of hydrogen-bond donors (Lipinski definition) is 1. The number of carboxylic acid groups (broad SMARTS) is 1. The Morgan fingerprint density at radius 1 is 1.41 bits per heavy atom. The third kappa shape index (κ3) is 4.20. The van der Waals surface area contributed by atoms with Crippen molar-refractivity contribution in [2.75, 3.05) is 0 Å². The van der Waals surface area contributed by atoms with Crippen LogP contribution in [0.3, 0.4) is 0 Å². The van der Waals surface area contributed by atoms with Crippen LogP contribution in [0.4, 0.5) is 8.78 Å². The fourth-order valence-corrected chi connectivity index (χ4v) is 1.43. The van der Waals surface area contributed by atoms with E-state index in [-0.39, 0.29) is 21.4 Å². The maximum atomic E-state index is 12.0. The highest BCUT2D eigenvalue weighted by Gasteiger charge is 2.10. The Kier molecular flexibility index (Phi) is 4.72. The second-order valence-corrected chi connectivity index (χ2v) is 3.64. The first-order valence-electron chi connectivity index (χ1n) is 4.25. The standard InChI is InChI=1S/C10H6Cl2F2O3/c11-7-4-6(17-10(13)14)3-5(9(7)12)1-2-8(15)16/h1-4,10H,(H,15,16). The molecule has 0 fully saturated rings. The van der Waals surface area contributed by atoms with Gasteiger partial charge in [-0.1, -0.05) is 23.2 Å². The predicted molar refractivity (Wildman–Crippen MR) is 59.8 cm³/mol. The summed E-state index contributed by atoms with van der Waals surface area (Å²) in [5.41, 5.74) is 0.178. The molecule has 0 aromatic heterocycles. The van der Waals surface area contributed by atoms with Crippen molar-refractivity contribution in [2.45, 2.75) is 6.61 Å². The van der Waals surface area contributed by atoms with E-state index < -0.39 is 12.6 Å². The van der Waals surface area contributed by atoms with Crippen molar-refractivity contribution in [1.82, 2.24) is 0 Å². The maximum Gasteiger partial charge on any atom is 0.387 e. The smallest absolute Gasteiger partial charge is 0.387 e. The minimum Gasteiger partial charge on any atom is -0.478 e. The molecule has 0 amide bonds. The minimum absolute atomic E-state index is 0.00476. The first kappa shape index (κ1) is 13.7. The van der Waals surface area contributed by atoms with Crippen molar-refractivity contribution in [3.63, 3.8) is 0 Å². The van der Waals surface area contributed by atoms with Crippen molar-refractivity contribution in [2.24, 2.45) is 0 Å². The number of carboxylic acids is 1. The van der Waals surface area contributed by atoms with Crippen LogP contribution in [-0.4, -0.2) is 17.7 Å². The average molecular weight is 283 g/mol. The molecule has 0 spiro atoms. The van der Waals surface area contributed by atoms with Crippen molar-refractivity contribution in [3.05, 3.63) is 33.8 Å². The molecule has 1 aromatic carbocycles. The topological polar surface area (TPSA) is 46.5 Å². The Morgan fingerprint density at radius 3 is 2.59 bits per heavy atom. The van der Waals surface area contributed by atoms with Crippen molar-refractivity contribution in [1.29, 1.82) is 0 Å². The van der Waals surface area contributed by atoms with Gasteiger partial charge in [-0.2, -0.15) is 8.78 Å². The van der Waals surface area contributed by atoms with E-state index in [2.05, 4.69) is 4.74 Å². The molecule has 0 aliphatic rings. The molecule has 0 heterocycles. The molecular formula is C10H6Cl2F2O3. The predicted octanol–water partition coefficient (Wildman–Crippen LogP) is 3.69. The van der Waals surface area contributed by atoms with Crippen LogP contribution in [0.2, 0.25) is 10.0 Å². The molecule has 0 atom stereocenters. The lowest BCUT2D eigenvalue weighted by Gasteiger charge is -2.08. The van der Waals surface area contributed by atoms with Gasteiger partial charge in [0.1, 0.15) is 5.75 Å². The molecule has 92 valence electrons. The number of rotatable bonds is 4. The summed E-state index contributed by atoms with van der Waals surface area (Å²) in [6.07, 6.45) is 1.94. The molecule has 0 radical (unpaired) electrons. The Bertz CT molecular complexity index is 461. The highest BCUT2D eigenvalue weighted by molar-refractivity contribution is 6.43. The monoisotopic (exact) mass is 282 g/mol. The molecule has 0 aliphatic carbocycles. The van der Waals surface area contributed by atoms with E-state index in [1.807, 2.05) is 0 Å². The van der Waals surface area contributed by atoms with E-state index >= 15 is 0 Å². The minimum atomic E-state index is -3.00. The lowest BCUT2D eigenvalue weighted by atomic mass is 10.2. The summed E-state index contributed by atoms with van der Waals surface area (Å²) < 4.78 is 28.1. The molecule has 0 bridgehead atoms. The number of aliphatic carboxylic acids is 1. The Morgan fingerprint density at radius 2 is 2.06 bits per heavy atom. The molecular weight excluding hydrogens is 277 g/mol. The van der Waals surface area contributed by atoms with Crippen LogP contribution in [0, 0.1) is 0 Å². The van der Waals surface area contributed by atoms with Gasteiger partial charge < -0.3 is 9.84 Å². The second-order valence-electron chi connectivity index (χ2n) is 2.86. The number of carbonyl (C=O) groups is 1. The van der Waals surface area contributed by atoms with Crippen LogP contribution in [0.15, 0.2) is 18.2 Å². The van der Waals surface area contributed by atoms with E-state index in [1.54, 1.807) is 0 Å². The van der Waals surface area contributed by atoms with Crippen LogP contribution in [-0.2, 0) is 4.79 Å². The number of ether oxygens (including phenoxy) is 1. The van der Waals surface area contributed by atoms with Gasteiger partial charge in [-0.3, -0.25) is 0 Å². The van der Waals surface area contributed by atoms with Gasteiger partial charge in [0.2, 0.25) is 0 Å². The zero-order valence-electron chi connectivity index (χ0n) is 8.16.